The molecule has 0 atom stereocenters. The maximum atomic E-state index is 10.9. The van der Waals surface area contributed by atoms with E-state index in [0.29, 0.717) is 5.13 Å². The Morgan fingerprint density at radius 2 is 2.35 bits per heavy atom. The van der Waals surface area contributed by atoms with Crippen LogP contribution in [0.5, 0.6) is 0 Å². The van der Waals surface area contributed by atoms with E-state index in [1.807, 2.05) is 14.1 Å². The normalized spacial score (nSPS) is 11.8. The highest BCUT2D eigenvalue weighted by Gasteiger charge is 2.17. The molecule has 17 heavy (non-hydrogen) atoms. The Morgan fingerprint density at radius 1 is 1.65 bits per heavy atom. The Balaban J connectivity index is 2.93. The van der Waals surface area contributed by atoms with E-state index in [1.54, 1.807) is 16.6 Å². The number of carboxylic acid groups (broad SMARTS) is 1. The highest BCUT2D eigenvalue weighted by Crippen LogP contribution is 2.19. The number of carboxylic acids is 1. The molecule has 0 amide bonds. The molecule has 0 spiro atoms. The quantitative estimate of drug-likeness (QED) is 0.478. The maximum absolute atomic E-state index is 10.9. The highest BCUT2D eigenvalue weighted by molar-refractivity contribution is 7.13. The van der Waals surface area contributed by atoms with Gasteiger partial charge < -0.3 is 14.8 Å². The lowest BCUT2D eigenvalue weighted by atomic mass is 10.3. The van der Waals surface area contributed by atoms with Gasteiger partial charge in [-0.3, -0.25) is 0 Å². The van der Waals surface area contributed by atoms with Crippen LogP contribution >= 0.6 is 11.3 Å². The third-order valence-electron chi connectivity index (χ3n) is 1.52. The first-order chi connectivity index (χ1) is 8.04. The minimum absolute atomic E-state index is 0.232. The van der Waals surface area contributed by atoms with Gasteiger partial charge in [-0.1, -0.05) is 5.16 Å². The smallest absolute Gasteiger partial charge is 0.360 e. The number of thiazole rings is 1. The number of nitrogens with zero attached hydrogens (tertiary/aromatic N) is 4. The molecule has 0 saturated heterocycles. The number of rotatable bonds is 5. The molecule has 0 aliphatic carbocycles. The van der Waals surface area contributed by atoms with Gasteiger partial charge in [-0.15, -0.1) is 11.3 Å². The Bertz CT molecular complexity index is 453. The molecule has 1 aromatic heterocycles. The summed E-state index contributed by atoms with van der Waals surface area (Å²) in [6.45, 7) is 0. The average Bonchev–Trinajstić information content (AvgIpc) is 2.71. The Labute approximate surface area is 102 Å². The van der Waals surface area contributed by atoms with Crippen molar-refractivity contribution in [1.82, 2.24) is 9.88 Å². The van der Waals surface area contributed by atoms with Gasteiger partial charge in [0.2, 0.25) is 10.8 Å². The summed E-state index contributed by atoms with van der Waals surface area (Å²) < 4.78 is 0. The van der Waals surface area contributed by atoms with Gasteiger partial charge in [0.25, 0.3) is 0 Å². The van der Waals surface area contributed by atoms with Crippen molar-refractivity contribution >= 4 is 34.5 Å². The fourth-order valence-corrected chi connectivity index (χ4v) is 1.52. The summed E-state index contributed by atoms with van der Waals surface area (Å²) in [6, 6.07) is 0. The van der Waals surface area contributed by atoms with Gasteiger partial charge in [-0.05, 0) is 0 Å². The molecule has 1 aromatic rings. The second-order valence-electron chi connectivity index (χ2n) is 3.15. The van der Waals surface area contributed by atoms with Gasteiger partial charge in [-0.2, -0.15) is 0 Å². The summed E-state index contributed by atoms with van der Waals surface area (Å²) in [4.78, 5) is 25.1. The van der Waals surface area contributed by atoms with Crippen LogP contribution in [0.4, 0.5) is 5.13 Å². The molecule has 0 aromatic carbocycles. The van der Waals surface area contributed by atoms with Crippen molar-refractivity contribution in [1.29, 1.82) is 0 Å². The summed E-state index contributed by atoms with van der Waals surface area (Å²) >= 11 is 1.23. The monoisotopic (exact) mass is 256 g/mol. The lowest BCUT2D eigenvalue weighted by Crippen LogP contribution is -2.15. The van der Waals surface area contributed by atoms with Crippen LogP contribution in [-0.2, 0) is 9.63 Å². The van der Waals surface area contributed by atoms with Crippen LogP contribution in [0.3, 0.4) is 0 Å². The van der Waals surface area contributed by atoms with E-state index in [0.717, 1.165) is 0 Å². The zero-order valence-corrected chi connectivity index (χ0v) is 10.4. The summed E-state index contributed by atoms with van der Waals surface area (Å²) in [5.41, 5.74) is -0.00897. The van der Waals surface area contributed by atoms with E-state index < -0.39 is 5.97 Å². The molecule has 0 aliphatic rings. The van der Waals surface area contributed by atoms with Gasteiger partial charge in [0.15, 0.2) is 0 Å². The minimum Gasteiger partial charge on any atom is -0.476 e. The second-order valence-corrected chi connectivity index (χ2v) is 3.99. The van der Waals surface area contributed by atoms with Gasteiger partial charge >= 0.3 is 5.97 Å². The summed E-state index contributed by atoms with van der Waals surface area (Å²) in [6.07, 6.45) is 1.58. The van der Waals surface area contributed by atoms with E-state index in [2.05, 4.69) is 20.0 Å². The number of oxime groups is 1. The number of aromatic nitrogens is 1. The summed E-state index contributed by atoms with van der Waals surface area (Å²) in [7, 11) is 4.93. The Kier molecular flexibility index (Phi) is 4.58. The van der Waals surface area contributed by atoms with Crippen LogP contribution in [0, 0.1) is 0 Å². The molecule has 92 valence electrons. The SMILES string of the molecule is CO/N=C(/C(=O)O)c1csc(/N=C/N(C)C)n1. The molecule has 0 unspecified atom stereocenters. The van der Waals surface area contributed by atoms with E-state index in [-0.39, 0.29) is 11.4 Å². The Hall–Kier alpha value is -1.96. The molecule has 1 heterocycles. The average molecular weight is 256 g/mol. The number of aliphatic carboxylic acids is 1. The van der Waals surface area contributed by atoms with Crippen LogP contribution in [0.25, 0.3) is 0 Å². The van der Waals surface area contributed by atoms with Crippen molar-refractivity contribution in [2.45, 2.75) is 0 Å². The third-order valence-corrected chi connectivity index (χ3v) is 2.27. The highest BCUT2D eigenvalue weighted by atomic mass is 32.1. The molecule has 8 heteroatoms. The predicted molar refractivity (Wildman–Crippen MR) is 65.1 cm³/mol. The molecule has 0 aliphatic heterocycles. The molecule has 1 rings (SSSR count). The lowest BCUT2D eigenvalue weighted by Gasteiger charge is -1.99. The van der Waals surface area contributed by atoms with Gasteiger partial charge in [0, 0.05) is 19.5 Å². The van der Waals surface area contributed by atoms with Crippen molar-refractivity contribution in [2.24, 2.45) is 10.1 Å². The summed E-state index contributed by atoms with van der Waals surface area (Å²) in [5.74, 6) is -1.19. The summed E-state index contributed by atoms with van der Waals surface area (Å²) in [5, 5.41) is 14.3. The first-order valence-electron chi connectivity index (χ1n) is 4.55. The van der Waals surface area contributed by atoms with Crippen molar-refractivity contribution < 1.29 is 14.7 Å². The predicted octanol–water partition coefficient (Wildman–Crippen LogP) is 0.800. The maximum Gasteiger partial charge on any atom is 0.360 e. The van der Waals surface area contributed by atoms with Crippen molar-refractivity contribution in [3.05, 3.63) is 11.1 Å². The largest absolute Gasteiger partial charge is 0.476 e. The number of hydrogen-bond donors (Lipinski definition) is 1. The zero-order chi connectivity index (χ0) is 12.8. The number of aliphatic imine (C=N–C) groups is 1. The van der Waals surface area contributed by atoms with E-state index >= 15 is 0 Å². The Morgan fingerprint density at radius 3 is 2.88 bits per heavy atom. The van der Waals surface area contributed by atoms with Gasteiger partial charge in [0.05, 0.1) is 6.34 Å². The number of hydrogen-bond acceptors (Lipinski definition) is 6. The van der Waals surface area contributed by atoms with E-state index in [1.165, 1.54) is 18.4 Å². The molecule has 0 fully saturated rings. The zero-order valence-electron chi connectivity index (χ0n) is 9.62. The van der Waals surface area contributed by atoms with Crippen molar-refractivity contribution in [3.63, 3.8) is 0 Å². The minimum atomic E-state index is -1.19. The van der Waals surface area contributed by atoms with Crippen LogP contribution < -0.4 is 0 Å². The fourth-order valence-electron chi connectivity index (χ4n) is 0.884. The van der Waals surface area contributed by atoms with Crippen molar-refractivity contribution in [3.8, 4) is 0 Å². The van der Waals surface area contributed by atoms with E-state index in [9.17, 15) is 4.79 Å². The second kappa shape index (κ2) is 5.94. The topological polar surface area (TPSA) is 87.4 Å². The van der Waals surface area contributed by atoms with Gasteiger partial charge in [0.1, 0.15) is 12.8 Å². The molecule has 7 nitrogen and oxygen atoms in total. The van der Waals surface area contributed by atoms with Crippen LogP contribution in [0.1, 0.15) is 5.69 Å². The molecule has 0 bridgehead atoms. The third kappa shape index (κ3) is 3.83. The lowest BCUT2D eigenvalue weighted by molar-refractivity contribution is -0.129. The first-order valence-corrected chi connectivity index (χ1v) is 5.43. The fraction of sp³-hybridized carbons (Fsp3) is 0.333. The number of carbonyl (C=O) groups is 1. The molecule has 1 N–H and O–H groups in total. The van der Waals surface area contributed by atoms with E-state index in [4.69, 9.17) is 5.11 Å². The molecule has 0 saturated carbocycles. The van der Waals surface area contributed by atoms with Crippen LogP contribution in [0.2, 0.25) is 0 Å². The van der Waals surface area contributed by atoms with Crippen LogP contribution in [0.15, 0.2) is 15.5 Å². The van der Waals surface area contributed by atoms with Crippen LogP contribution in [-0.4, -0.2) is 54.2 Å². The molecular formula is C9H12N4O3S. The van der Waals surface area contributed by atoms with Gasteiger partial charge in [-0.25, -0.2) is 14.8 Å². The molecule has 0 radical (unpaired) electrons. The van der Waals surface area contributed by atoms with Crippen molar-refractivity contribution in [2.75, 3.05) is 21.2 Å². The first kappa shape index (κ1) is 13.1. The molecular weight excluding hydrogens is 244 g/mol. The standard InChI is InChI=1S/C9H12N4O3S/c1-13(2)5-10-9-11-6(4-17-9)7(8(14)15)12-16-3/h4-5H,1-3H3,(H,14,15)/b10-5+,12-7+.